The second-order valence-corrected chi connectivity index (χ2v) is 5.21. The first-order valence-corrected chi connectivity index (χ1v) is 7.72. The molecule has 0 saturated carbocycles. The highest BCUT2D eigenvalue weighted by molar-refractivity contribution is 5.32. The normalized spacial score (nSPS) is 12.1. The van der Waals surface area contributed by atoms with Crippen LogP contribution in [0, 0.1) is 0 Å². The zero-order chi connectivity index (χ0) is 15.9. The van der Waals surface area contributed by atoms with Crippen molar-refractivity contribution in [3.8, 4) is 5.75 Å². The molecule has 5 nitrogen and oxygen atoms in total. The number of benzene rings is 1. The second kappa shape index (κ2) is 7.75. The minimum absolute atomic E-state index is 0.0962. The van der Waals surface area contributed by atoms with Gasteiger partial charge in [-0.15, -0.1) is 0 Å². The van der Waals surface area contributed by atoms with Gasteiger partial charge in [0.2, 0.25) is 0 Å². The summed E-state index contributed by atoms with van der Waals surface area (Å²) in [5.41, 5.74) is 7.80. The van der Waals surface area contributed by atoms with Crippen molar-refractivity contribution in [3.05, 3.63) is 58.0 Å². The Bertz CT molecular complexity index is 650. The summed E-state index contributed by atoms with van der Waals surface area (Å²) in [6.07, 6.45) is 1.83. The molecule has 2 rings (SSSR count). The zero-order valence-corrected chi connectivity index (χ0v) is 13.2. The average Bonchev–Trinajstić information content (AvgIpc) is 2.55. The van der Waals surface area contributed by atoms with E-state index in [1.165, 1.54) is 10.7 Å². The van der Waals surface area contributed by atoms with E-state index >= 15 is 0 Å². The second-order valence-electron chi connectivity index (χ2n) is 5.21. The largest absolute Gasteiger partial charge is 0.494 e. The molecule has 0 saturated heterocycles. The molecule has 0 aliphatic rings. The Labute approximate surface area is 130 Å². The van der Waals surface area contributed by atoms with Gasteiger partial charge in [0.05, 0.1) is 18.3 Å². The summed E-state index contributed by atoms with van der Waals surface area (Å²) in [6.45, 7) is 5.38. The van der Waals surface area contributed by atoms with Crippen LogP contribution in [0.2, 0.25) is 0 Å². The summed E-state index contributed by atoms with van der Waals surface area (Å²) >= 11 is 0. The molecule has 0 bridgehead atoms. The van der Waals surface area contributed by atoms with Crippen LogP contribution in [0.15, 0.2) is 41.2 Å². The van der Waals surface area contributed by atoms with Crippen LogP contribution in [0.25, 0.3) is 0 Å². The van der Waals surface area contributed by atoms with E-state index in [1.807, 2.05) is 31.2 Å². The van der Waals surface area contributed by atoms with Gasteiger partial charge in [-0.2, -0.15) is 5.10 Å². The maximum absolute atomic E-state index is 11.7. The third-order valence-electron chi connectivity index (χ3n) is 3.35. The fourth-order valence-corrected chi connectivity index (χ4v) is 2.16. The first kappa shape index (κ1) is 16.2. The van der Waals surface area contributed by atoms with E-state index in [-0.39, 0.29) is 11.6 Å². The van der Waals surface area contributed by atoms with Gasteiger partial charge in [0.1, 0.15) is 5.75 Å². The molecule has 118 valence electrons. The number of nitrogens with zero attached hydrogens (tertiary/aromatic N) is 2. The molecule has 1 heterocycles. The first-order chi connectivity index (χ1) is 10.7. The summed E-state index contributed by atoms with van der Waals surface area (Å²) < 4.78 is 7.03. The van der Waals surface area contributed by atoms with Gasteiger partial charge < -0.3 is 10.5 Å². The summed E-state index contributed by atoms with van der Waals surface area (Å²) in [6, 6.07) is 10.6. The van der Waals surface area contributed by atoms with Crippen molar-refractivity contribution in [1.29, 1.82) is 0 Å². The van der Waals surface area contributed by atoms with Crippen LogP contribution in [-0.2, 0) is 6.54 Å². The van der Waals surface area contributed by atoms with Crippen LogP contribution in [0.3, 0.4) is 0 Å². The van der Waals surface area contributed by atoms with Gasteiger partial charge in [-0.05, 0) is 36.6 Å². The SMILES string of the molecule is CCCOc1ccc(C(N)c2ccc(=O)n(CCC)n2)cc1. The number of rotatable bonds is 7. The lowest BCUT2D eigenvalue weighted by Crippen LogP contribution is -2.25. The van der Waals surface area contributed by atoms with Crippen molar-refractivity contribution < 1.29 is 4.74 Å². The molecular formula is C17H23N3O2. The first-order valence-electron chi connectivity index (χ1n) is 7.72. The van der Waals surface area contributed by atoms with Crippen LogP contribution >= 0.6 is 0 Å². The highest BCUT2D eigenvalue weighted by Crippen LogP contribution is 2.20. The predicted octanol–water partition coefficient (Wildman–Crippen LogP) is 2.49. The van der Waals surface area contributed by atoms with E-state index in [4.69, 9.17) is 10.5 Å². The van der Waals surface area contributed by atoms with E-state index in [1.54, 1.807) is 6.07 Å². The smallest absolute Gasteiger partial charge is 0.266 e. The lowest BCUT2D eigenvalue weighted by Gasteiger charge is -2.14. The monoisotopic (exact) mass is 301 g/mol. The molecule has 1 aromatic carbocycles. The van der Waals surface area contributed by atoms with Crippen LogP contribution in [0.4, 0.5) is 0 Å². The lowest BCUT2D eigenvalue weighted by atomic mass is 10.0. The van der Waals surface area contributed by atoms with Gasteiger partial charge in [-0.1, -0.05) is 26.0 Å². The Morgan fingerprint density at radius 3 is 2.50 bits per heavy atom. The van der Waals surface area contributed by atoms with E-state index in [0.717, 1.165) is 24.2 Å². The van der Waals surface area contributed by atoms with Gasteiger partial charge >= 0.3 is 0 Å². The fraction of sp³-hybridized carbons (Fsp3) is 0.412. The molecule has 1 aromatic heterocycles. The zero-order valence-electron chi connectivity index (χ0n) is 13.2. The van der Waals surface area contributed by atoms with Crippen LogP contribution in [-0.4, -0.2) is 16.4 Å². The molecule has 0 spiro atoms. The molecule has 5 heteroatoms. The van der Waals surface area contributed by atoms with Gasteiger partial charge in [0.15, 0.2) is 0 Å². The van der Waals surface area contributed by atoms with Crippen LogP contribution in [0.1, 0.15) is 44.0 Å². The number of hydrogen-bond donors (Lipinski definition) is 1. The number of ether oxygens (including phenoxy) is 1. The minimum atomic E-state index is -0.357. The maximum Gasteiger partial charge on any atom is 0.266 e. The molecule has 22 heavy (non-hydrogen) atoms. The Hall–Kier alpha value is -2.14. The van der Waals surface area contributed by atoms with Crippen molar-refractivity contribution in [1.82, 2.24) is 9.78 Å². The standard InChI is InChI=1S/C17H23N3O2/c1-3-11-20-16(21)10-9-15(19-20)17(18)13-5-7-14(8-6-13)22-12-4-2/h5-10,17H,3-4,11-12,18H2,1-2H3. The Balaban J connectivity index is 2.18. The number of hydrogen-bond acceptors (Lipinski definition) is 4. The van der Waals surface area contributed by atoms with Crippen molar-refractivity contribution >= 4 is 0 Å². The quantitative estimate of drug-likeness (QED) is 0.853. The molecule has 0 aliphatic heterocycles. The molecule has 1 unspecified atom stereocenters. The number of aryl methyl sites for hydroxylation is 1. The third-order valence-corrected chi connectivity index (χ3v) is 3.35. The van der Waals surface area contributed by atoms with Gasteiger partial charge in [-0.3, -0.25) is 4.79 Å². The number of aromatic nitrogens is 2. The van der Waals surface area contributed by atoms with Crippen molar-refractivity contribution in [2.75, 3.05) is 6.61 Å². The number of nitrogens with two attached hydrogens (primary N) is 1. The molecule has 0 fully saturated rings. The molecule has 2 aromatic rings. The summed E-state index contributed by atoms with van der Waals surface area (Å²) in [4.78, 5) is 11.7. The van der Waals surface area contributed by atoms with Gasteiger partial charge in [0, 0.05) is 12.6 Å². The Kier molecular flexibility index (Phi) is 5.72. The maximum atomic E-state index is 11.7. The summed E-state index contributed by atoms with van der Waals surface area (Å²) in [5, 5.41) is 4.36. The minimum Gasteiger partial charge on any atom is -0.494 e. The van der Waals surface area contributed by atoms with Crippen LogP contribution in [0.5, 0.6) is 5.75 Å². The predicted molar refractivity (Wildman–Crippen MR) is 87.0 cm³/mol. The van der Waals surface area contributed by atoms with Crippen molar-refractivity contribution in [2.45, 2.75) is 39.3 Å². The molecule has 0 radical (unpaired) electrons. The topological polar surface area (TPSA) is 70.1 Å². The molecule has 0 amide bonds. The molecular weight excluding hydrogens is 278 g/mol. The van der Waals surface area contributed by atoms with Crippen molar-refractivity contribution in [3.63, 3.8) is 0 Å². The summed E-state index contributed by atoms with van der Waals surface area (Å²) in [7, 11) is 0. The average molecular weight is 301 g/mol. The highest BCUT2D eigenvalue weighted by Gasteiger charge is 2.12. The van der Waals surface area contributed by atoms with Gasteiger partial charge in [0.25, 0.3) is 5.56 Å². The lowest BCUT2D eigenvalue weighted by molar-refractivity contribution is 0.317. The Morgan fingerprint density at radius 2 is 1.86 bits per heavy atom. The molecule has 2 N–H and O–H groups in total. The van der Waals surface area contributed by atoms with Crippen LogP contribution < -0.4 is 16.0 Å². The molecule has 1 atom stereocenters. The third kappa shape index (κ3) is 3.95. The molecule has 0 aliphatic carbocycles. The van der Waals surface area contributed by atoms with E-state index in [0.29, 0.717) is 18.8 Å². The van der Waals surface area contributed by atoms with Crippen molar-refractivity contribution in [2.24, 2.45) is 5.73 Å². The van der Waals surface area contributed by atoms with E-state index in [2.05, 4.69) is 12.0 Å². The highest BCUT2D eigenvalue weighted by atomic mass is 16.5. The van der Waals surface area contributed by atoms with Gasteiger partial charge in [-0.25, -0.2) is 4.68 Å². The summed E-state index contributed by atoms with van der Waals surface area (Å²) in [5.74, 6) is 0.835. The fourth-order valence-electron chi connectivity index (χ4n) is 2.16. The van der Waals surface area contributed by atoms with E-state index < -0.39 is 0 Å². The van der Waals surface area contributed by atoms with E-state index in [9.17, 15) is 4.79 Å². The Morgan fingerprint density at radius 1 is 1.14 bits per heavy atom.